The highest BCUT2D eigenvalue weighted by molar-refractivity contribution is 6.62. The lowest BCUT2D eigenvalue weighted by atomic mass is 9.79. The summed E-state index contributed by atoms with van der Waals surface area (Å²) in [5.41, 5.74) is 6.20. The third-order valence-electron chi connectivity index (χ3n) is 9.33. The lowest BCUT2D eigenvalue weighted by Crippen LogP contribution is -2.41. The molecule has 0 atom stereocenters. The van der Waals surface area contributed by atoms with Gasteiger partial charge in [-0.3, -0.25) is 4.57 Å². The van der Waals surface area contributed by atoms with Crippen LogP contribution in [0.4, 0.5) is 0 Å². The van der Waals surface area contributed by atoms with Crippen LogP contribution in [0.25, 0.3) is 61.7 Å². The summed E-state index contributed by atoms with van der Waals surface area (Å²) in [5, 5.41) is 2.22. The van der Waals surface area contributed by atoms with Crippen LogP contribution >= 0.6 is 0 Å². The summed E-state index contributed by atoms with van der Waals surface area (Å²) >= 11 is 0. The van der Waals surface area contributed by atoms with E-state index in [9.17, 15) is 0 Å². The molecule has 0 N–H and O–H groups in total. The first-order valence-corrected chi connectivity index (χ1v) is 15.6. The third kappa shape index (κ3) is 4.80. The fourth-order valence-corrected chi connectivity index (χ4v) is 6.08. The zero-order valence-corrected chi connectivity index (χ0v) is 26.3. The highest BCUT2D eigenvalue weighted by atomic mass is 16.7. The molecule has 1 saturated heterocycles. The molecule has 7 aromatic rings. The van der Waals surface area contributed by atoms with Crippen LogP contribution in [0.3, 0.4) is 0 Å². The van der Waals surface area contributed by atoms with Gasteiger partial charge in [0.25, 0.3) is 0 Å². The molecule has 0 unspecified atom stereocenters. The minimum absolute atomic E-state index is 0.441. The largest absolute Gasteiger partial charge is 0.494 e. The molecule has 5 aromatic carbocycles. The summed E-state index contributed by atoms with van der Waals surface area (Å²) < 4.78 is 15.0. The second kappa shape index (κ2) is 10.8. The number of para-hydroxylation sites is 1. The number of benzene rings is 5. The SMILES string of the molecule is CC1(C)OB(c2ccc3c4ccccc4n(-c4nc(-c5ccccc5)nc(-c5ccc(-c6ccccc6)cc5)n4)c3c2)OC1(C)C. The van der Waals surface area contributed by atoms with Gasteiger partial charge in [-0.15, -0.1) is 0 Å². The highest BCUT2D eigenvalue weighted by Gasteiger charge is 2.51. The van der Waals surface area contributed by atoms with E-state index in [0.29, 0.717) is 17.6 Å². The van der Waals surface area contributed by atoms with Gasteiger partial charge in [0, 0.05) is 21.9 Å². The molecule has 0 aliphatic carbocycles. The van der Waals surface area contributed by atoms with Crippen molar-refractivity contribution in [1.29, 1.82) is 0 Å². The van der Waals surface area contributed by atoms with Crippen LogP contribution in [0.2, 0.25) is 0 Å². The quantitative estimate of drug-likeness (QED) is 0.186. The first-order chi connectivity index (χ1) is 22.3. The molecule has 1 aliphatic rings. The molecule has 6 nitrogen and oxygen atoms in total. The van der Waals surface area contributed by atoms with Crippen LogP contribution in [-0.2, 0) is 9.31 Å². The Bertz CT molecular complexity index is 2200. The summed E-state index contributed by atoms with van der Waals surface area (Å²) in [5.74, 6) is 1.77. The number of hydrogen-bond donors (Lipinski definition) is 0. The monoisotopic (exact) mass is 600 g/mol. The highest BCUT2D eigenvalue weighted by Crippen LogP contribution is 2.38. The minimum Gasteiger partial charge on any atom is -0.399 e. The molecular formula is C39H33BN4O2. The zero-order chi connectivity index (χ0) is 31.5. The maximum atomic E-state index is 6.44. The normalized spacial score (nSPS) is 15.5. The van der Waals surface area contributed by atoms with Gasteiger partial charge in [0.2, 0.25) is 5.95 Å². The van der Waals surface area contributed by atoms with Crippen molar-refractivity contribution < 1.29 is 9.31 Å². The molecule has 0 radical (unpaired) electrons. The fraction of sp³-hybridized carbons (Fsp3) is 0.154. The molecule has 3 heterocycles. The molecule has 224 valence electrons. The average molecular weight is 601 g/mol. The van der Waals surface area contributed by atoms with Crippen molar-refractivity contribution in [3.05, 3.63) is 127 Å². The van der Waals surface area contributed by atoms with Gasteiger partial charge in [-0.2, -0.15) is 9.97 Å². The van der Waals surface area contributed by atoms with Crippen molar-refractivity contribution in [2.75, 3.05) is 0 Å². The van der Waals surface area contributed by atoms with E-state index >= 15 is 0 Å². The Morgan fingerprint density at radius 1 is 0.500 bits per heavy atom. The Morgan fingerprint density at radius 2 is 1.00 bits per heavy atom. The number of rotatable bonds is 5. The van der Waals surface area contributed by atoms with E-state index in [2.05, 4.69) is 123 Å². The van der Waals surface area contributed by atoms with Crippen molar-refractivity contribution >= 4 is 34.4 Å². The minimum atomic E-state index is -0.488. The molecule has 0 amide bonds. The fourth-order valence-electron chi connectivity index (χ4n) is 6.08. The summed E-state index contributed by atoms with van der Waals surface area (Å²) in [7, 11) is -0.488. The van der Waals surface area contributed by atoms with Crippen LogP contribution in [0, 0.1) is 0 Å². The first kappa shape index (κ1) is 28.4. The molecular weight excluding hydrogens is 567 g/mol. The van der Waals surface area contributed by atoms with E-state index in [1.54, 1.807) is 0 Å². The maximum absolute atomic E-state index is 6.44. The van der Waals surface area contributed by atoms with Gasteiger partial charge in [-0.1, -0.05) is 115 Å². The van der Waals surface area contributed by atoms with Gasteiger partial charge < -0.3 is 9.31 Å². The number of nitrogens with zero attached hydrogens (tertiary/aromatic N) is 4. The molecule has 0 spiro atoms. The molecule has 7 heteroatoms. The smallest absolute Gasteiger partial charge is 0.399 e. The predicted molar refractivity (Wildman–Crippen MR) is 186 cm³/mol. The van der Waals surface area contributed by atoms with Gasteiger partial charge >= 0.3 is 7.12 Å². The second-order valence-corrected chi connectivity index (χ2v) is 12.8. The lowest BCUT2D eigenvalue weighted by Gasteiger charge is -2.32. The Labute approximate surface area is 268 Å². The van der Waals surface area contributed by atoms with Crippen LogP contribution in [0.15, 0.2) is 127 Å². The molecule has 0 saturated carbocycles. The summed E-state index contributed by atoms with van der Waals surface area (Å²) in [6.45, 7) is 8.30. The number of hydrogen-bond acceptors (Lipinski definition) is 5. The zero-order valence-electron chi connectivity index (χ0n) is 26.3. The number of fused-ring (bicyclic) bond motifs is 3. The van der Waals surface area contributed by atoms with Gasteiger partial charge in [-0.25, -0.2) is 4.98 Å². The molecule has 8 rings (SSSR count). The Balaban J connectivity index is 1.32. The Kier molecular flexibility index (Phi) is 6.64. The van der Waals surface area contributed by atoms with Crippen molar-refractivity contribution in [1.82, 2.24) is 19.5 Å². The van der Waals surface area contributed by atoms with E-state index in [-0.39, 0.29) is 0 Å². The van der Waals surface area contributed by atoms with Gasteiger partial charge in [0.1, 0.15) is 0 Å². The second-order valence-electron chi connectivity index (χ2n) is 12.8. The Hall–Kier alpha value is -5.11. The molecule has 0 bridgehead atoms. The lowest BCUT2D eigenvalue weighted by molar-refractivity contribution is 0.00578. The van der Waals surface area contributed by atoms with Crippen molar-refractivity contribution in [2.45, 2.75) is 38.9 Å². The predicted octanol–water partition coefficient (Wildman–Crippen LogP) is 8.27. The van der Waals surface area contributed by atoms with Gasteiger partial charge in [-0.05, 0) is 56.4 Å². The van der Waals surface area contributed by atoms with E-state index in [0.717, 1.165) is 44.0 Å². The van der Waals surface area contributed by atoms with Crippen LogP contribution in [0.5, 0.6) is 0 Å². The first-order valence-electron chi connectivity index (χ1n) is 15.6. The van der Waals surface area contributed by atoms with Crippen molar-refractivity contribution in [2.24, 2.45) is 0 Å². The number of aromatic nitrogens is 4. The van der Waals surface area contributed by atoms with Crippen molar-refractivity contribution in [3.63, 3.8) is 0 Å². The molecule has 46 heavy (non-hydrogen) atoms. The standard InChI is InChI=1S/C39H33BN4O2/c1-38(2)39(3,4)46-40(45-38)30-23-24-32-31-17-11-12-18-33(31)44(34(32)25-30)37-42-35(28-15-9-6-10-16-28)41-36(43-37)29-21-19-27(20-22-29)26-13-7-5-8-14-26/h5-25H,1-4H3. The van der Waals surface area contributed by atoms with E-state index < -0.39 is 18.3 Å². The van der Waals surface area contributed by atoms with Crippen LogP contribution in [0.1, 0.15) is 27.7 Å². The summed E-state index contributed by atoms with van der Waals surface area (Å²) in [6, 6.07) is 43.6. The summed E-state index contributed by atoms with van der Waals surface area (Å²) in [4.78, 5) is 15.2. The van der Waals surface area contributed by atoms with Crippen LogP contribution in [-0.4, -0.2) is 37.8 Å². The van der Waals surface area contributed by atoms with Crippen molar-refractivity contribution in [3.8, 4) is 39.9 Å². The molecule has 1 aliphatic heterocycles. The van der Waals surface area contributed by atoms with Crippen LogP contribution < -0.4 is 5.46 Å². The van der Waals surface area contributed by atoms with Gasteiger partial charge in [0.05, 0.1) is 22.2 Å². The van der Waals surface area contributed by atoms with E-state index in [1.165, 1.54) is 5.56 Å². The third-order valence-corrected chi connectivity index (χ3v) is 9.33. The van der Waals surface area contributed by atoms with E-state index in [1.807, 2.05) is 36.4 Å². The molecule has 1 fully saturated rings. The average Bonchev–Trinajstić information content (AvgIpc) is 3.53. The van der Waals surface area contributed by atoms with Gasteiger partial charge in [0.15, 0.2) is 11.6 Å². The summed E-state index contributed by atoms with van der Waals surface area (Å²) in [6.07, 6.45) is 0. The Morgan fingerprint density at radius 3 is 1.65 bits per heavy atom. The topological polar surface area (TPSA) is 62.1 Å². The van der Waals surface area contributed by atoms with E-state index in [4.69, 9.17) is 24.3 Å². The maximum Gasteiger partial charge on any atom is 0.494 e. The molecule has 2 aromatic heterocycles.